The number of hydrogen-bond donors (Lipinski definition) is 3. The highest BCUT2D eigenvalue weighted by molar-refractivity contribution is 7.99. The number of aliphatic hydroxyl groups is 1. The van der Waals surface area contributed by atoms with E-state index in [4.69, 9.17) is 11.6 Å². The van der Waals surface area contributed by atoms with Gasteiger partial charge in [0, 0.05) is 49.2 Å². The second-order valence-electron chi connectivity index (χ2n) is 6.51. The zero-order chi connectivity index (χ0) is 17.0. The number of nitrogens with zero attached hydrogens (tertiary/aromatic N) is 2. The fraction of sp³-hybridized carbons (Fsp3) is 0.588. The number of nitrogens with one attached hydrogen (secondary N) is 2. The van der Waals surface area contributed by atoms with Crippen molar-refractivity contribution >= 4 is 35.0 Å². The maximum absolute atomic E-state index is 10.4. The van der Waals surface area contributed by atoms with Gasteiger partial charge >= 0.3 is 0 Å². The van der Waals surface area contributed by atoms with Crippen LogP contribution in [0.5, 0.6) is 0 Å². The van der Waals surface area contributed by atoms with E-state index >= 15 is 0 Å². The second-order valence-corrected chi connectivity index (χ2v) is 8.05. The van der Waals surface area contributed by atoms with E-state index in [1.165, 1.54) is 0 Å². The molecule has 0 bridgehead atoms. The minimum absolute atomic E-state index is 0.336. The molecule has 1 aromatic rings. The van der Waals surface area contributed by atoms with E-state index < -0.39 is 5.60 Å². The van der Waals surface area contributed by atoms with Crippen LogP contribution in [0, 0.1) is 0 Å². The Bertz CT molecular complexity index is 592. The highest BCUT2D eigenvalue weighted by Gasteiger charge is 2.32. The van der Waals surface area contributed by atoms with Gasteiger partial charge in [-0.05, 0) is 36.8 Å². The van der Waals surface area contributed by atoms with Gasteiger partial charge in [0.05, 0.1) is 5.60 Å². The summed E-state index contributed by atoms with van der Waals surface area (Å²) in [5.41, 5.74) is 0.553. The first-order valence-electron chi connectivity index (χ1n) is 8.36. The van der Waals surface area contributed by atoms with Gasteiger partial charge in [-0.25, -0.2) is 0 Å². The van der Waals surface area contributed by atoms with Crippen molar-refractivity contribution in [3.8, 4) is 0 Å². The van der Waals surface area contributed by atoms with E-state index in [1.54, 1.807) is 18.8 Å². The molecule has 0 radical (unpaired) electrons. The van der Waals surface area contributed by atoms with Gasteiger partial charge in [-0.3, -0.25) is 4.99 Å². The van der Waals surface area contributed by atoms with E-state index in [0.29, 0.717) is 12.6 Å². The van der Waals surface area contributed by atoms with Gasteiger partial charge < -0.3 is 20.6 Å². The zero-order valence-electron chi connectivity index (χ0n) is 14.0. The Hall–Kier alpha value is -1.11. The molecule has 2 atom stereocenters. The largest absolute Gasteiger partial charge is 0.387 e. The van der Waals surface area contributed by atoms with E-state index in [1.807, 2.05) is 18.2 Å². The first-order valence-corrected chi connectivity index (χ1v) is 9.89. The van der Waals surface area contributed by atoms with Crippen LogP contribution in [0.2, 0.25) is 5.02 Å². The van der Waals surface area contributed by atoms with Crippen molar-refractivity contribution in [1.29, 1.82) is 0 Å². The van der Waals surface area contributed by atoms with Gasteiger partial charge in [-0.15, -0.1) is 0 Å². The fourth-order valence-electron chi connectivity index (χ4n) is 3.16. The summed E-state index contributed by atoms with van der Waals surface area (Å²) in [6.45, 7) is 2.46. The number of hydrogen-bond acceptors (Lipinski definition) is 4. The Labute approximate surface area is 152 Å². The Morgan fingerprint density at radius 2 is 2.42 bits per heavy atom. The Morgan fingerprint density at radius 3 is 3.12 bits per heavy atom. The third-order valence-electron chi connectivity index (χ3n) is 4.59. The molecule has 7 heteroatoms. The molecule has 0 aliphatic carbocycles. The molecule has 1 aromatic carbocycles. The van der Waals surface area contributed by atoms with Crippen LogP contribution in [-0.4, -0.2) is 60.9 Å². The van der Waals surface area contributed by atoms with Gasteiger partial charge in [0.15, 0.2) is 5.96 Å². The molecule has 0 aromatic heterocycles. The van der Waals surface area contributed by atoms with E-state index in [0.717, 1.165) is 54.1 Å². The van der Waals surface area contributed by atoms with Crippen LogP contribution >= 0.6 is 23.4 Å². The van der Waals surface area contributed by atoms with Crippen LogP contribution < -0.4 is 15.5 Å². The number of anilines is 1. The number of benzene rings is 1. The molecular weight excluding hydrogens is 344 g/mol. The normalized spacial score (nSPS) is 27.5. The summed E-state index contributed by atoms with van der Waals surface area (Å²) in [5, 5.41) is 17.9. The van der Waals surface area contributed by atoms with E-state index in [2.05, 4.69) is 26.6 Å². The molecular formula is C17H25ClN4OS. The Kier molecular flexibility index (Phi) is 5.79. The minimum Gasteiger partial charge on any atom is -0.387 e. The molecule has 5 nitrogen and oxygen atoms in total. The molecule has 2 fully saturated rings. The van der Waals surface area contributed by atoms with Gasteiger partial charge in [0.2, 0.25) is 0 Å². The molecule has 24 heavy (non-hydrogen) atoms. The maximum Gasteiger partial charge on any atom is 0.191 e. The fourth-order valence-corrected chi connectivity index (χ4v) is 4.64. The highest BCUT2D eigenvalue weighted by Crippen LogP contribution is 2.27. The lowest BCUT2D eigenvalue weighted by molar-refractivity contribution is 0.0724. The monoisotopic (exact) mass is 368 g/mol. The van der Waals surface area contributed by atoms with Crippen LogP contribution in [0.15, 0.2) is 29.3 Å². The van der Waals surface area contributed by atoms with Crippen molar-refractivity contribution in [2.45, 2.75) is 24.5 Å². The lowest BCUT2D eigenvalue weighted by atomic mass is 10.0. The van der Waals surface area contributed by atoms with Crippen molar-refractivity contribution in [3.63, 3.8) is 0 Å². The summed E-state index contributed by atoms with van der Waals surface area (Å²) in [4.78, 5) is 6.62. The highest BCUT2D eigenvalue weighted by atomic mass is 35.5. The van der Waals surface area contributed by atoms with Crippen LogP contribution in [0.3, 0.4) is 0 Å². The molecule has 0 amide bonds. The number of aliphatic imine (C=N–C) groups is 1. The van der Waals surface area contributed by atoms with Gasteiger partial charge in [0.1, 0.15) is 0 Å². The molecule has 2 saturated heterocycles. The Balaban J connectivity index is 1.50. The van der Waals surface area contributed by atoms with Crippen molar-refractivity contribution in [1.82, 2.24) is 10.6 Å². The third kappa shape index (κ3) is 4.49. The molecule has 2 unspecified atom stereocenters. The van der Waals surface area contributed by atoms with Crippen molar-refractivity contribution in [2.24, 2.45) is 4.99 Å². The minimum atomic E-state index is -0.606. The smallest absolute Gasteiger partial charge is 0.191 e. The van der Waals surface area contributed by atoms with E-state index in [9.17, 15) is 5.11 Å². The van der Waals surface area contributed by atoms with Gasteiger partial charge in [-0.1, -0.05) is 17.7 Å². The van der Waals surface area contributed by atoms with Crippen molar-refractivity contribution in [2.75, 3.05) is 43.1 Å². The standard InChI is InChI=1S/C17H25ClN4OS/c1-19-16(20-11-17(23)6-8-24-12-17)21-14-5-7-22(10-14)15-4-2-3-13(18)9-15/h2-4,9,14,23H,5-8,10-12H2,1H3,(H2,19,20,21). The topological polar surface area (TPSA) is 59.9 Å². The van der Waals surface area contributed by atoms with Crippen molar-refractivity contribution < 1.29 is 5.11 Å². The summed E-state index contributed by atoms with van der Waals surface area (Å²) < 4.78 is 0. The first-order chi connectivity index (χ1) is 11.6. The summed E-state index contributed by atoms with van der Waals surface area (Å²) in [5.74, 6) is 2.59. The summed E-state index contributed by atoms with van der Waals surface area (Å²) in [6.07, 6.45) is 1.89. The molecule has 132 valence electrons. The molecule has 3 N–H and O–H groups in total. The molecule has 3 rings (SSSR count). The number of thioether (sulfide) groups is 1. The second kappa shape index (κ2) is 7.85. The number of rotatable bonds is 4. The van der Waals surface area contributed by atoms with Crippen LogP contribution in [0.1, 0.15) is 12.8 Å². The first kappa shape index (κ1) is 17.7. The van der Waals surface area contributed by atoms with Crippen molar-refractivity contribution in [3.05, 3.63) is 29.3 Å². The van der Waals surface area contributed by atoms with Gasteiger partial charge in [0.25, 0.3) is 0 Å². The molecule has 2 aliphatic rings. The predicted molar refractivity (Wildman–Crippen MR) is 103 cm³/mol. The zero-order valence-corrected chi connectivity index (χ0v) is 15.5. The molecule has 0 saturated carbocycles. The Morgan fingerprint density at radius 1 is 1.54 bits per heavy atom. The van der Waals surface area contributed by atoms with Crippen LogP contribution in [0.25, 0.3) is 0 Å². The molecule has 2 aliphatic heterocycles. The lowest BCUT2D eigenvalue weighted by Gasteiger charge is -2.25. The summed E-state index contributed by atoms with van der Waals surface area (Å²) in [6, 6.07) is 8.31. The maximum atomic E-state index is 10.4. The van der Waals surface area contributed by atoms with Gasteiger partial charge in [-0.2, -0.15) is 11.8 Å². The predicted octanol–water partition coefficient (Wildman–Crippen LogP) is 1.95. The van der Waals surface area contributed by atoms with Crippen LogP contribution in [0.4, 0.5) is 5.69 Å². The quantitative estimate of drug-likeness (QED) is 0.560. The number of guanidine groups is 1. The molecule has 2 heterocycles. The number of halogens is 1. The average molecular weight is 369 g/mol. The van der Waals surface area contributed by atoms with Crippen LogP contribution in [-0.2, 0) is 0 Å². The SMILES string of the molecule is CN=C(NCC1(O)CCSC1)NC1CCN(c2cccc(Cl)c2)C1. The summed E-state index contributed by atoms with van der Waals surface area (Å²) >= 11 is 7.89. The summed E-state index contributed by atoms with van der Waals surface area (Å²) in [7, 11) is 1.77. The lowest BCUT2D eigenvalue weighted by Crippen LogP contribution is -2.50. The molecule has 0 spiro atoms. The third-order valence-corrected chi connectivity index (χ3v) is 6.06. The average Bonchev–Trinajstić information content (AvgIpc) is 3.21. The van der Waals surface area contributed by atoms with E-state index in [-0.39, 0.29) is 0 Å².